The van der Waals surface area contributed by atoms with Gasteiger partial charge in [0.05, 0.1) is 5.52 Å². The maximum Gasteiger partial charge on any atom is 0.152 e. The van der Waals surface area contributed by atoms with Gasteiger partial charge in [0.15, 0.2) is 5.49 Å². The molecule has 0 amide bonds. The monoisotopic (exact) mass is 174 g/mol. The molecule has 0 spiro atoms. The summed E-state index contributed by atoms with van der Waals surface area (Å²) in [5, 5.41) is 16.4. The Morgan fingerprint density at radius 2 is 2.15 bits per heavy atom. The van der Waals surface area contributed by atoms with Crippen LogP contribution >= 0.6 is 0 Å². The molecule has 4 nitrogen and oxygen atoms in total. The van der Waals surface area contributed by atoms with Gasteiger partial charge in [0.2, 0.25) is 0 Å². The van der Waals surface area contributed by atoms with Crippen molar-refractivity contribution >= 4 is 10.9 Å². The van der Waals surface area contributed by atoms with Gasteiger partial charge >= 0.3 is 0 Å². The Bertz CT molecular complexity index is 507. The first-order valence-corrected chi connectivity index (χ1v) is 4.03. The lowest BCUT2D eigenvalue weighted by atomic mass is 10.2. The smallest absolute Gasteiger partial charge is 0.152 e. The van der Waals surface area contributed by atoms with Crippen molar-refractivity contribution in [2.45, 2.75) is 6.92 Å². The molecule has 1 N–H and O–H groups in total. The largest absolute Gasteiger partial charge is 0.283 e. The molecule has 13 heavy (non-hydrogen) atoms. The third-order valence-electron chi connectivity index (χ3n) is 2.02. The molecule has 0 fully saturated rings. The fourth-order valence-electron chi connectivity index (χ4n) is 1.26. The number of nitrogens with zero attached hydrogens (tertiary/aromatic N) is 3. The van der Waals surface area contributed by atoms with Crippen molar-refractivity contribution in [3.63, 3.8) is 0 Å². The average Bonchev–Trinajstić information content (AvgIpc) is 2.12. The second-order valence-corrected chi connectivity index (χ2v) is 3.08. The van der Waals surface area contributed by atoms with Crippen LogP contribution in [0.25, 0.3) is 10.9 Å². The lowest BCUT2D eigenvalue weighted by Gasteiger charge is -2.00. The topological polar surface area (TPSA) is 54.6 Å². The van der Waals surface area contributed by atoms with Gasteiger partial charge in [-0.3, -0.25) is 5.41 Å². The first-order chi connectivity index (χ1) is 6.18. The molecule has 0 unspecified atom stereocenters. The van der Waals surface area contributed by atoms with Crippen LogP contribution in [-0.4, -0.2) is 15.0 Å². The van der Waals surface area contributed by atoms with E-state index >= 15 is 0 Å². The van der Waals surface area contributed by atoms with Crippen LogP contribution < -0.4 is 5.49 Å². The van der Waals surface area contributed by atoms with Crippen LogP contribution in [0.3, 0.4) is 0 Å². The van der Waals surface area contributed by atoms with E-state index in [4.69, 9.17) is 5.41 Å². The highest BCUT2D eigenvalue weighted by Gasteiger charge is 1.99. The highest BCUT2D eigenvalue weighted by atomic mass is 15.4. The summed E-state index contributed by atoms with van der Waals surface area (Å²) >= 11 is 0. The van der Waals surface area contributed by atoms with Gasteiger partial charge in [-0.2, -0.15) is 0 Å². The average molecular weight is 174 g/mol. The Kier molecular flexibility index (Phi) is 1.62. The maximum atomic E-state index is 7.75. The van der Waals surface area contributed by atoms with Crippen molar-refractivity contribution < 1.29 is 0 Å². The number of hydrogen-bond acceptors (Lipinski definition) is 3. The highest BCUT2D eigenvalue weighted by Crippen LogP contribution is 2.07. The SMILES string of the molecule is Cc1ccc2nnn(C)c(=N)c2c1. The van der Waals surface area contributed by atoms with Crippen molar-refractivity contribution in [3.05, 3.63) is 29.3 Å². The molecule has 2 aromatic rings. The highest BCUT2D eigenvalue weighted by molar-refractivity contribution is 5.77. The zero-order chi connectivity index (χ0) is 9.42. The quantitative estimate of drug-likeness (QED) is 0.641. The van der Waals surface area contributed by atoms with Crippen LogP contribution in [0.1, 0.15) is 5.56 Å². The molecule has 0 aliphatic heterocycles. The summed E-state index contributed by atoms with van der Waals surface area (Å²) in [4.78, 5) is 0. The first-order valence-electron chi connectivity index (χ1n) is 4.03. The lowest BCUT2D eigenvalue weighted by Crippen LogP contribution is -2.21. The fraction of sp³-hybridized carbons (Fsp3) is 0.222. The van der Waals surface area contributed by atoms with Crippen LogP contribution in [0.4, 0.5) is 0 Å². The molecule has 0 saturated heterocycles. The molecule has 66 valence electrons. The summed E-state index contributed by atoms with van der Waals surface area (Å²) in [6.07, 6.45) is 0. The molecular weight excluding hydrogens is 164 g/mol. The molecule has 1 aromatic carbocycles. The zero-order valence-electron chi connectivity index (χ0n) is 7.57. The number of aryl methyl sites for hydroxylation is 2. The number of fused-ring (bicyclic) bond motifs is 1. The Morgan fingerprint density at radius 1 is 1.38 bits per heavy atom. The van der Waals surface area contributed by atoms with Gasteiger partial charge in [-0.25, -0.2) is 4.68 Å². The Hall–Kier alpha value is -1.71. The zero-order valence-corrected chi connectivity index (χ0v) is 7.57. The Morgan fingerprint density at radius 3 is 2.92 bits per heavy atom. The van der Waals surface area contributed by atoms with E-state index in [1.165, 1.54) is 4.68 Å². The number of rotatable bonds is 0. The van der Waals surface area contributed by atoms with Crippen LogP contribution in [0, 0.1) is 12.3 Å². The molecule has 0 radical (unpaired) electrons. The lowest BCUT2D eigenvalue weighted by molar-refractivity contribution is 0.638. The minimum atomic E-state index is 0.397. The maximum absolute atomic E-state index is 7.75. The van der Waals surface area contributed by atoms with Crippen LogP contribution in [0.15, 0.2) is 18.2 Å². The summed E-state index contributed by atoms with van der Waals surface area (Å²) in [5.74, 6) is 0. The van der Waals surface area contributed by atoms with Gasteiger partial charge in [-0.05, 0) is 19.1 Å². The van der Waals surface area contributed by atoms with E-state index in [2.05, 4.69) is 10.3 Å². The third kappa shape index (κ3) is 1.20. The van der Waals surface area contributed by atoms with Crippen molar-refractivity contribution in [1.29, 1.82) is 5.41 Å². The van der Waals surface area contributed by atoms with E-state index < -0.39 is 0 Å². The second kappa shape index (κ2) is 2.65. The predicted octanol–water partition coefficient (Wildman–Crippen LogP) is 0.756. The van der Waals surface area contributed by atoms with E-state index in [1.54, 1.807) is 7.05 Å². The number of aromatic nitrogens is 3. The van der Waals surface area contributed by atoms with E-state index in [9.17, 15) is 0 Å². The van der Waals surface area contributed by atoms with Gasteiger partial charge in [0, 0.05) is 12.4 Å². The molecule has 1 heterocycles. The third-order valence-corrected chi connectivity index (χ3v) is 2.02. The summed E-state index contributed by atoms with van der Waals surface area (Å²) < 4.78 is 1.46. The van der Waals surface area contributed by atoms with Crippen molar-refractivity contribution in [2.75, 3.05) is 0 Å². The molecule has 2 rings (SSSR count). The van der Waals surface area contributed by atoms with Crippen LogP contribution in [0.2, 0.25) is 0 Å². The molecule has 0 atom stereocenters. The van der Waals surface area contributed by atoms with E-state index in [-0.39, 0.29) is 0 Å². The fourth-order valence-corrected chi connectivity index (χ4v) is 1.26. The van der Waals surface area contributed by atoms with Crippen LogP contribution in [-0.2, 0) is 7.05 Å². The van der Waals surface area contributed by atoms with Gasteiger partial charge in [0.25, 0.3) is 0 Å². The standard InChI is InChI=1S/C9H10N4/c1-6-3-4-8-7(5-6)9(10)13(2)12-11-8/h3-5,10H,1-2H3. The molecule has 0 bridgehead atoms. The summed E-state index contributed by atoms with van der Waals surface area (Å²) in [7, 11) is 1.72. The van der Waals surface area contributed by atoms with Crippen molar-refractivity contribution in [2.24, 2.45) is 7.05 Å². The Balaban J connectivity index is 2.97. The van der Waals surface area contributed by atoms with Crippen molar-refractivity contribution in [1.82, 2.24) is 15.0 Å². The van der Waals surface area contributed by atoms with Crippen molar-refractivity contribution in [3.8, 4) is 0 Å². The minimum absolute atomic E-state index is 0.397. The van der Waals surface area contributed by atoms with Gasteiger partial charge < -0.3 is 0 Å². The summed E-state index contributed by atoms with van der Waals surface area (Å²) in [6.45, 7) is 2.00. The first kappa shape index (κ1) is 7.91. The number of benzene rings is 1. The van der Waals surface area contributed by atoms with E-state index in [0.717, 1.165) is 16.5 Å². The predicted molar refractivity (Wildman–Crippen MR) is 49.1 cm³/mol. The molecule has 4 heteroatoms. The summed E-state index contributed by atoms with van der Waals surface area (Å²) in [6, 6.07) is 5.80. The number of hydrogen-bond donors (Lipinski definition) is 1. The van der Waals surface area contributed by atoms with Crippen LogP contribution in [0.5, 0.6) is 0 Å². The molecule has 0 aliphatic rings. The normalized spacial score (nSPS) is 10.6. The van der Waals surface area contributed by atoms with Gasteiger partial charge in [-0.1, -0.05) is 16.8 Å². The van der Waals surface area contributed by atoms with E-state index in [1.807, 2.05) is 25.1 Å². The van der Waals surface area contributed by atoms with Gasteiger partial charge in [-0.15, -0.1) is 5.10 Å². The molecule has 1 aromatic heterocycles. The number of nitrogens with one attached hydrogen (secondary N) is 1. The molecule has 0 saturated carbocycles. The van der Waals surface area contributed by atoms with E-state index in [0.29, 0.717) is 5.49 Å². The minimum Gasteiger partial charge on any atom is -0.283 e. The van der Waals surface area contributed by atoms with Gasteiger partial charge in [0.1, 0.15) is 0 Å². The summed E-state index contributed by atoms with van der Waals surface area (Å²) in [5.41, 5.74) is 2.30. The Labute approximate surface area is 75.3 Å². The molecular formula is C9H10N4. The molecule has 0 aliphatic carbocycles. The second-order valence-electron chi connectivity index (χ2n) is 3.08.